The number of aryl methyl sites for hydroxylation is 2. The zero-order valence-corrected chi connectivity index (χ0v) is 15.7. The number of aromatic nitrogens is 4. The normalized spacial score (nSPS) is 16.3. The zero-order valence-electron chi connectivity index (χ0n) is 15.7. The molecule has 1 amide bonds. The van der Waals surface area contributed by atoms with Crippen LogP contribution in [0.25, 0.3) is 0 Å². The van der Waals surface area contributed by atoms with E-state index in [1.54, 1.807) is 16.9 Å². The molecule has 0 saturated heterocycles. The highest BCUT2D eigenvalue weighted by atomic mass is 16.3. The van der Waals surface area contributed by atoms with Crippen molar-refractivity contribution in [1.29, 1.82) is 0 Å². The maximum Gasteiger partial charge on any atom is 0.221 e. The van der Waals surface area contributed by atoms with Crippen LogP contribution in [-0.4, -0.2) is 54.6 Å². The van der Waals surface area contributed by atoms with Crippen LogP contribution in [0.4, 0.5) is 0 Å². The van der Waals surface area contributed by atoms with Gasteiger partial charge < -0.3 is 10.4 Å². The molecule has 2 aromatic heterocycles. The third kappa shape index (κ3) is 4.31. The van der Waals surface area contributed by atoms with Gasteiger partial charge in [0.05, 0.1) is 17.1 Å². The minimum absolute atomic E-state index is 0.0880. The molecule has 0 spiro atoms. The van der Waals surface area contributed by atoms with Gasteiger partial charge in [-0.3, -0.25) is 19.1 Å². The first-order valence-electron chi connectivity index (χ1n) is 9.18. The maximum absolute atomic E-state index is 11.9. The first-order chi connectivity index (χ1) is 12.4. The van der Waals surface area contributed by atoms with Crippen LogP contribution in [-0.2, 0) is 24.9 Å². The molecule has 8 heteroatoms. The molecule has 142 valence electrons. The lowest BCUT2D eigenvalue weighted by Crippen LogP contribution is -2.34. The van der Waals surface area contributed by atoms with Crippen LogP contribution >= 0.6 is 0 Å². The van der Waals surface area contributed by atoms with Gasteiger partial charge >= 0.3 is 0 Å². The van der Waals surface area contributed by atoms with Crippen molar-refractivity contribution in [3.63, 3.8) is 0 Å². The Kier molecular flexibility index (Phi) is 5.73. The van der Waals surface area contributed by atoms with Crippen LogP contribution in [0.15, 0.2) is 18.3 Å². The van der Waals surface area contributed by atoms with E-state index in [2.05, 4.69) is 20.4 Å². The molecule has 0 radical (unpaired) electrons. The van der Waals surface area contributed by atoms with E-state index in [1.807, 2.05) is 31.6 Å². The summed E-state index contributed by atoms with van der Waals surface area (Å²) in [5.41, 5.74) is 2.44. The van der Waals surface area contributed by atoms with Crippen molar-refractivity contribution in [3.8, 4) is 0 Å². The molecular formula is C18H28N6O2. The van der Waals surface area contributed by atoms with Crippen LogP contribution in [0.3, 0.4) is 0 Å². The van der Waals surface area contributed by atoms with E-state index in [-0.39, 0.29) is 11.9 Å². The lowest BCUT2D eigenvalue weighted by molar-refractivity contribution is -0.121. The van der Waals surface area contributed by atoms with Crippen LogP contribution in [0.5, 0.6) is 0 Å². The number of aliphatic hydroxyl groups is 1. The quantitative estimate of drug-likeness (QED) is 0.796. The zero-order chi connectivity index (χ0) is 18.7. The van der Waals surface area contributed by atoms with Crippen LogP contribution in [0.2, 0.25) is 0 Å². The molecule has 3 rings (SSSR count). The highest BCUT2D eigenvalue weighted by Crippen LogP contribution is 2.23. The van der Waals surface area contributed by atoms with E-state index in [0.29, 0.717) is 12.1 Å². The van der Waals surface area contributed by atoms with Crippen LogP contribution in [0, 0.1) is 0 Å². The van der Waals surface area contributed by atoms with E-state index >= 15 is 0 Å². The third-order valence-corrected chi connectivity index (χ3v) is 4.64. The second-order valence-electron chi connectivity index (χ2n) is 7.17. The molecule has 2 N–H and O–H groups in total. The summed E-state index contributed by atoms with van der Waals surface area (Å²) in [7, 11) is 1.81. The molecule has 0 aliphatic carbocycles. The Balaban J connectivity index is 1.66. The van der Waals surface area contributed by atoms with E-state index in [9.17, 15) is 9.90 Å². The number of hydrogen-bond acceptors (Lipinski definition) is 5. The smallest absolute Gasteiger partial charge is 0.221 e. The van der Waals surface area contributed by atoms with Gasteiger partial charge in [-0.05, 0) is 32.4 Å². The van der Waals surface area contributed by atoms with Gasteiger partial charge in [-0.15, -0.1) is 0 Å². The molecule has 1 atom stereocenters. The van der Waals surface area contributed by atoms with Crippen molar-refractivity contribution < 1.29 is 9.90 Å². The van der Waals surface area contributed by atoms with Gasteiger partial charge in [0.1, 0.15) is 6.10 Å². The number of hydrogen-bond donors (Lipinski definition) is 2. The number of carbonyl (C=O) groups is 1. The van der Waals surface area contributed by atoms with Crippen LogP contribution in [0.1, 0.15) is 49.9 Å². The Morgan fingerprint density at radius 3 is 2.88 bits per heavy atom. The monoisotopic (exact) mass is 360 g/mol. The molecule has 1 aliphatic rings. The fraction of sp³-hybridized carbons (Fsp3) is 0.611. The van der Waals surface area contributed by atoms with Crippen molar-refractivity contribution in [2.75, 3.05) is 13.1 Å². The average molecular weight is 360 g/mol. The molecule has 26 heavy (non-hydrogen) atoms. The molecular weight excluding hydrogens is 332 g/mol. The molecule has 0 aromatic carbocycles. The molecule has 8 nitrogen and oxygen atoms in total. The molecule has 0 fully saturated rings. The van der Waals surface area contributed by atoms with Gasteiger partial charge in [0.2, 0.25) is 5.91 Å². The standard InChI is InChI=1S/C18H28N6O2/c1-13(2)20-17(25)6-10-23-8-4-9-24-14(12-23)11-15(21-24)18(26)16-5-7-19-22(16)3/h5,7,11,13,18,26H,4,6,8-10,12H2,1-3H3,(H,20,25)/t18-/m0/s1. The van der Waals surface area contributed by atoms with Crippen LogP contribution < -0.4 is 5.32 Å². The van der Waals surface area contributed by atoms with Gasteiger partial charge in [0.25, 0.3) is 0 Å². The fourth-order valence-corrected chi connectivity index (χ4v) is 3.33. The topological polar surface area (TPSA) is 88.2 Å². The lowest BCUT2D eigenvalue weighted by Gasteiger charge is -2.19. The number of rotatable bonds is 6. The largest absolute Gasteiger partial charge is 0.380 e. The molecule has 0 saturated carbocycles. The summed E-state index contributed by atoms with van der Waals surface area (Å²) in [6, 6.07) is 3.93. The maximum atomic E-state index is 11.9. The van der Waals surface area contributed by atoms with Crippen molar-refractivity contribution in [3.05, 3.63) is 35.4 Å². The SMILES string of the molecule is CC(C)NC(=O)CCN1CCCn2nc([C@H](O)c3ccnn3C)cc2C1. The Morgan fingerprint density at radius 2 is 2.19 bits per heavy atom. The van der Waals surface area contributed by atoms with Gasteiger partial charge in [-0.2, -0.15) is 10.2 Å². The van der Waals surface area contributed by atoms with E-state index < -0.39 is 6.10 Å². The Hall–Kier alpha value is -2.19. The van der Waals surface area contributed by atoms with Crippen molar-refractivity contribution in [1.82, 2.24) is 29.8 Å². The Bertz CT molecular complexity index is 751. The fourth-order valence-electron chi connectivity index (χ4n) is 3.33. The summed E-state index contributed by atoms with van der Waals surface area (Å²) < 4.78 is 3.64. The minimum Gasteiger partial charge on any atom is -0.380 e. The predicted octanol–water partition coefficient (Wildman–Crippen LogP) is 0.819. The highest BCUT2D eigenvalue weighted by molar-refractivity contribution is 5.76. The molecule has 2 aromatic rings. The second-order valence-corrected chi connectivity index (χ2v) is 7.17. The number of aliphatic hydroxyl groups excluding tert-OH is 1. The van der Waals surface area contributed by atoms with E-state index in [4.69, 9.17) is 0 Å². The van der Waals surface area contributed by atoms with E-state index in [0.717, 1.165) is 44.0 Å². The van der Waals surface area contributed by atoms with Crippen molar-refractivity contribution in [2.45, 2.75) is 51.9 Å². The van der Waals surface area contributed by atoms with Gasteiger partial charge in [0, 0.05) is 51.9 Å². The number of carbonyl (C=O) groups excluding carboxylic acids is 1. The highest BCUT2D eigenvalue weighted by Gasteiger charge is 2.22. The second kappa shape index (κ2) is 8.01. The number of fused-ring (bicyclic) bond motifs is 1. The Morgan fingerprint density at radius 1 is 1.38 bits per heavy atom. The number of nitrogens with zero attached hydrogens (tertiary/aromatic N) is 5. The summed E-state index contributed by atoms with van der Waals surface area (Å²) in [4.78, 5) is 14.2. The molecule has 1 aliphatic heterocycles. The summed E-state index contributed by atoms with van der Waals surface area (Å²) in [6.45, 7) is 7.17. The first kappa shape index (κ1) is 18.6. The van der Waals surface area contributed by atoms with Gasteiger partial charge in [-0.1, -0.05) is 0 Å². The molecule has 0 bridgehead atoms. The van der Waals surface area contributed by atoms with Gasteiger partial charge in [-0.25, -0.2) is 0 Å². The van der Waals surface area contributed by atoms with Crippen molar-refractivity contribution >= 4 is 5.91 Å². The van der Waals surface area contributed by atoms with Gasteiger partial charge in [0.15, 0.2) is 0 Å². The van der Waals surface area contributed by atoms with E-state index in [1.165, 1.54) is 0 Å². The van der Waals surface area contributed by atoms with Crippen molar-refractivity contribution in [2.24, 2.45) is 7.05 Å². The molecule has 0 unspecified atom stereocenters. The average Bonchev–Trinajstić information content (AvgIpc) is 3.13. The lowest BCUT2D eigenvalue weighted by atomic mass is 10.2. The summed E-state index contributed by atoms with van der Waals surface area (Å²) in [5.74, 6) is 0.0880. The summed E-state index contributed by atoms with van der Waals surface area (Å²) in [5, 5.41) is 22.2. The summed E-state index contributed by atoms with van der Waals surface area (Å²) in [6.07, 6.45) is 2.36. The summed E-state index contributed by atoms with van der Waals surface area (Å²) >= 11 is 0. The minimum atomic E-state index is -0.785. The number of nitrogens with one attached hydrogen (secondary N) is 1. The first-order valence-corrected chi connectivity index (χ1v) is 9.18. The molecule has 3 heterocycles. The third-order valence-electron chi connectivity index (χ3n) is 4.64. The Labute approximate surface area is 153 Å². The number of amides is 1. The predicted molar refractivity (Wildman–Crippen MR) is 97.3 cm³/mol.